The van der Waals surface area contributed by atoms with Crippen LogP contribution < -0.4 is 0 Å². The first-order valence-electron chi connectivity index (χ1n) is 4.86. The molecule has 12 heavy (non-hydrogen) atoms. The van der Waals surface area contributed by atoms with E-state index in [0.717, 1.165) is 12.8 Å². The van der Waals surface area contributed by atoms with Crippen molar-refractivity contribution in [3.63, 3.8) is 0 Å². The van der Waals surface area contributed by atoms with Gasteiger partial charge in [-0.15, -0.1) is 12.3 Å². The van der Waals surface area contributed by atoms with Crippen molar-refractivity contribution >= 4 is 0 Å². The van der Waals surface area contributed by atoms with Gasteiger partial charge in [-0.2, -0.15) is 0 Å². The number of aliphatic hydroxyl groups excluding tert-OH is 1. The van der Waals surface area contributed by atoms with Gasteiger partial charge in [0.2, 0.25) is 0 Å². The van der Waals surface area contributed by atoms with E-state index in [1.165, 1.54) is 19.3 Å². The zero-order valence-electron chi connectivity index (χ0n) is 8.21. The summed E-state index contributed by atoms with van der Waals surface area (Å²) in [5.41, 5.74) is 0. The number of terminal acetylenes is 1. The summed E-state index contributed by atoms with van der Waals surface area (Å²) >= 11 is 0. The third kappa shape index (κ3) is 5.21. The Hall–Kier alpha value is -0.480. The van der Waals surface area contributed by atoms with E-state index in [1.807, 2.05) is 6.92 Å². The number of aliphatic hydroxyl groups is 1. The molecule has 0 saturated heterocycles. The fraction of sp³-hybridized carbons (Fsp3) is 0.818. The second-order valence-corrected chi connectivity index (χ2v) is 3.37. The van der Waals surface area contributed by atoms with Gasteiger partial charge in [0.05, 0.1) is 6.10 Å². The SMILES string of the molecule is C#CC(C)C(O)CCCCCC. The standard InChI is InChI=1S/C11H20O/c1-4-6-7-8-9-11(12)10(3)5-2/h2,10-12H,4,6-9H2,1,3H3. The van der Waals surface area contributed by atoms with Crippen molar-refractivity contribution in [1.82, 2.24) is 0 Å². The van der Waals surface area contributed by atoms with Crippen LogP contribution in [0.4, 0.5) is 0 Å². The molecule has 0 aromatic rings. The van der Waals surface area contributed by atoms with Crippen molar-refractivity contribution in [3.05, 3.63) is 0 Å². The van der Waals surface area contributed by atoms with E-state index in [4.69, 9.17) is 6.42 Å². The van der Waals surface area contributed by atoms with Crippen molar-refractivity contribution in [2.24, 2.45) is 5.92 Å². The molecule has 0 aromatic heterocycles. The molecule has 2 atom stereocenters. The Morgan fingerprint density at radius 1 is 1.33 bits per heavy atom. The van der Waals surface area contributed by atoms with Crippen LogP contribution in [0.3, 0.4) is 0 Å². The van der Waals surface area contributed by atoms with Crippen molar-refractivity contribution in [1.29, 1.82) is 0 Å². The van der Waals surface area contributed by atoms with Gasteiger partial charge in [0.25, 0.3) is 0 Å². The second kappa shape index (κ2) is 7.18. The predicted octanol–water partition coefficient (Wildman–Crippen LogP) is 2.59. The van der Waals surface area contributed by atoms with Crippen molar-refractivity contribution < 1.29 is 5.11 Å². The quantitative estimate of drug-likeness (QED) is 0.477. The highest BCUT2D eigenvalue weighted by molar-refractivity contribution is 4.93. The van der Waals surface area contributed by atoms with Crippen LogP contribution in [0, 0.1) is 18.3 Å². The Morgan fingerprint density at radius 3 is 2.50 bits per heavy atom. The number of hydrogen-bond acceptors (Lipinski definition) is 1. The third-order valence-corrected chi connectivity index (χ3v) is 2.19. The molecule has 1 heteroatoms. The molecule has 0 aromatic carbocycles. The molecular formula is C11H20O. The molecule has 1 N–H and O–H groups in total. The minimum Gasteiger partial charge on any atom is -0.392 e. The van der Waals surface area contributed by atoms with E-state index in [2.05, 4.69) is 12.8 Å². The summed E-state index contributed by atoms with van der Waals surface area (Å²) in [6.45, 7) is 4.07. The minimum absolute atomic E-state index is 0.00614. The molecule has 0 spiro atoms. The van der Waals surface area contributed by atoms with Gasteiger partial charge in [-0.3, -0.25) is 0 Å². The lowest BCUT2D eigenvalue weighted by atomic mass is 10.00. The highest BCUT2D eigenvalue weighted by atomic mass is 16.3. The lowest BCUT2D eigenvalue weighted by molar-refractivity contribution is 0.128. The summed E-state index contributed by atoms with van der Waals surface area (Å²) in [4.78, 5) is 0. The molecule has 0 amide bonds. The fourth-order valence-electron chi connectivity index (χ4n) is 1.14. The summed E-state index contributed by atoms with van der Waals surface area (Å²) < 4.78 is 0. The van der Waals surface area contributed by atoms with E-state index in [1.54, 1.807) is 0 Å². The average molecular weight is 168 g/mol. The highest BCUT2D eigenvalue weighted by Crippen LogP contribution is 2.11. The fourth-order valence-corrected chi connectivity index (χ4v) is 1.14. The molecule has 0 aliphatic carbocycles. The molecule has 0 bridgehead atoms. The molecule has 70 valence electrons. The predicted molar refractivity (Wildman–Crippen MR) is 52.8 cm³/mol. The average Bonchev–Trinajstić information content (AvgIpc) is 2.10. The van der Waals surface area contributed by atoms with Crippen LogP contribution in [0.5, 0.6) is 0 Å². The lowest BCUT2D eigenvalue weighted by Gasteiger charge is -2.12. The Balaban J connectivity index is 3.32. The lowest BCUT2D eigenvalue weighted by Crippen LogP contribution is -2.15. The Morgan fingerprint density at radius 2 is 2.00 bits per heavy atom. The molecule has 0 aliphatic heterocycles. The summed E-state index contributed by atoms with van der Waals surface area (Å²) in [5.74, 6) is 2.56. The largest absolute Gasteiger partial charge is 0.392 e. The van der Waals surface area contributed by atoms with E-state index in [0.29, 0.717) is 0 Å². The zero-order chi connectivity index (χ0) is 9.40. The summed E-state index contributed by atoms with van der Waals surface area (Å²) in [7, 11) is 0. The maximum atomic E-state index is 9.47. The first kappa shape index (κ1) is 11.5. The Kier molecular flexibility index (Phi) is 6.90. The zero-order valence-corrected chi connectivity index (χ0v) is 8.21. The topological polar surface area (TPSA) is 20.2 Å². The van der Waals surface area contributed by atoms with Gasteiger partial charge in [0.1, 0.15) is 0 Å². The summed E-state index contributed by atoms with van der Waals surface area (Å²) in [6.07, 6.45) is 10.6. The number of unbranched alkanes of at least 4 members (excludes halogenated alkanes) is 3. The van der Waals surface area contributed by atoms with E-state index >= 15 is 0 Å². The Labute approximate surface area is 76.2 Å². The van der Waals surface area contributed by atoms with Crippen molar-refractivity contribution in [2.75, 3.05) is 0 Å². The molecule has 0 saturated carbocycles. The van der Waals surface area contributed by atoms with Gasteiger partial charge in [0, 0.05) is 5.92 Å². The van der Waals surface area contributed by atoms with Gasteiger partial charge >= 0.3 is 0 Å². The van der Waals surface area contributed by atoms with Crippen LogP contribution in [-0.4, -0.2) is 11.2 Å². The second-order valence-electron chi connectivity index (χ2n) is 3.37. The molecule has 1 nitrogen and oxygen atoms in total. The maximum Gasteiger partial charge on any atom is 0.0674 e. The molecule has 0 aliphatic rings. The molecule has 0 heterocycles. The first-order chi connectivity index (χ1) is 5.72. The van der Waals surface area contributed by atoms with Crippen LogP contribution in [-0.2, 0) is 0 Å². The van der Waals surface area contributed by atoms with Crippen LogP contribution in [0.2, 0.25) is 0 Å². The molecule has 0 radical (unpaired) electrons. The van der Waals surface area contributed by atoms with Gasteiger partial charge in [-0.25, -0.2) is 0 Å². The molecule has 0 rings (SSSR count). The number of hydrogen-bond donors (Lipinski definition) is 1. The third-order valence-electron chi connectivity index (χ3n) is 2.19. The van der Waals surface area contributed by atoms with Gasteiger partial charge in [-0.1, -0.05) is 32.6 Å². The Bertz CT molecular complexity index is 134. The van der Waals surface area contributed by atoms with Crippen molar-refractivity contribution in [2.45, 2.75) is 52.1 Å². The summed E-state index contributed by atoms with van der Waals surface area (Å²) in [6, 6.07) is 0. The van der Waals surface area contributed by atoms with E-state index in [-0.39, 0.29) is 12.0 Å². The molecular weight excluding hydrogens is 148 g/mol. The van der Waals surface area contributed by atoms with E-state index < -0.39 is 0 Å². The smallest absolute Gasteiger partial charge is 0.0674 e. The van der Waals surface area contributed by atoms with Crippen LogP contribution in [0.25, 0.3) is 0 Å². The highest BCUT2D eigenvalue weighted by Gasteiger charge is 2.09. The van der Waals surface area contributed by atoms with Crippen LogP contribution in [0.1, 0.15) is 46.0 Å². The normalized spacial score (nSPS) is 15.2. The van der Waals surface area contributed by atoms with E-state index in [9.17, 15) is 5.11 Å². The maximum absolute atomic E-state index is 9.47. The minimum atomic E-state index is -0.299. The van der Waals surface area contributed by atoms with Gasteiger partial charge in [-0.05, 0) is 13.3 Å². The van der Waals surface area contributed by atoms with Gasteiger partial charge in [0.15, 0.2) is 0 Å². The summed E-state index contributed by atoms with van der Waals surface area (Å²) in [5, 5.41) is 9.47. The van der Waals surface area contributed by atoms with Crippen LogP contribution in [0.15, 0.2) is 0 Å². The monoisotopic (exact) mass is 168 g/mol. The van der Waals surface area contributed by atoms with Gasteiger partial charge < -0.3 is 5.11 Å². The molecule has 2 unspecified atom stereocenters. The molecule has 0 fully saturated rings. The van der Waals surface area contributed by atoms with Crippen molar-refractivity contribution in [3.8, 4) is 12.3 Å². The van der Waals surface area contributed by atoms with Crippen LogP contribution >= 0.6 is 0 Å². The number of rotatable bonds is 6. The first-order valence-corrected chi connectivity index (χ1v) is 4.86.